The molecule has 0 atom stereocenters. The van der Waals surface area contributed by atoms with E-state index in [1.54, 1.807) is 18.3 Å². The summed E-state index contributed by atoms with van der Waals surface area (Å²) in [6, 6.07) is 0. The predicted octanol–water partition coefficient (Wildman–Crippen LogP) is 2.61. The van der Waals surface area contributed by atoms with Crippen LogP contribution >= 0.6 is 11.3 Å². The lowest BCUT2D eigenvalue weighted by Gasteiger charge is -1.88. The van der Waals surface area contributed by atoms with Crippen LogP contribution < -0.4 is 0 Å². The number of carbonyl (C=O) groups excluding carboxylic acids is 1. The summed E-state index contributed by atoms with van der Waals surface area (Å²) >= 11 is 1.58. The molecule has 1 aliphatic carbocycles. The monoisotopic (exact) mass is 195 g/mol. The van der Waals surface area contributed by atoms with Crippen LogP contribution in [0.4, 0.5) is 0 Å². The van der Waals surface area contributed by atoms with Crippen LogP contribution in [0.2, 0.25) is 0 Å². The number of hydrogen-bond acceptors (Lipinski definition) is 3. The number of thiazole rings is 1. The lowest BCUT2D eigenvalue weighted by Crippen LogP contribution is -1.89. The van der Waals surface area contributed by atoms with Crippen LogP contribution in [0.1, 0.15) is 40.1 Å². The number of ketones is 1. The highest BCUT2D eigenvalue weighted by Crippen LogP contribution is 2.34. The van der Waals surface area contributed by atoms with E-state index < -0.39 is 0 Å². The minimum Gasteiger partial charge on any atom is -0.294 e. The summed E-state index contributed by atoms with van der Waals surface area (Å²) < 4.78 is 0. The Morgan fingerprint density at radius 2 is 2.31 bits per heavy atom. The van der Waals surface area contributed by atoms with E-state index >= 15 is 0 Å². The number of carbonyl (C=O) groups is 1. The summed E-state index contributed by atoms with van der Waals surface area (Å²) in [7, 11) is 0. The van der Waals surface area contributed by atoms with Gasteiger partial charge in [0.25, 0.3) is 0 Å². The Labute approximate surface area is 82.0 Å². The van der Waals surface area contributed by atoms with Gasteiger partial charge in [-0.15, -0.1) is 11.3 Å². The maximum Gasteiger partial charge on any atom is 0.171 e. The minimum atomic E-state index is 0.150. The summed E-state index contributed by atoms with van der Waals surface area (Å²) in [5, 5.41) is 1.14. The number of hydrogen-bond donors (Lipinski definition) is 0. The average Bonchev–Trinajstić information content (AvgIpc) is 2.75. The van der Waals surface area contributed by atoms with E-state index in [-0.39, 0.29) is 5.78 Å². The Balaban J connectivity index is 2.18. The van der Waals surface area contributed by atoms with Gasteiger partial charge in [-0.2, -0.15) is 0 Å². The van der Waals surface area contributed by atoms with E-state index in [9.17, 15) is 4.79 Å². The molecule has 1 aromatic rings. The Hall–Kier alpha value is -0.700. The molecule has 1 aromatic heterocycles. The van der Waals surface area contributed by atoms with Gasteiger partial charge in [-0.05, 0) is 25.7 Å². The predicted molar refractivity (Wildman–Crippen MR) is 53.3 cm³/mol. The third kappa shape index (κ3) is 1.97. The molecule has 1 fully saturated rings. The van der Waals surface area contributed by atoms with Crippen LogP contribution in [0, 0.1) is 12.8 Å². The average molecular weight is 195 g/mol. The summed E-state index contributed by atoms with van der Waals surface area (Å²) in [4.78, 5) is 16.4. The third-order valence-corrected chi connectivity index (χ3v) is 3.60. The highest BCUT2D eigenvalue weighted by molar-refractivity contribution is 7.13. The topological polar surface area (TPSA) is 30.0 Å². The fraction of sp³-hybridized carbons (Fsp3) is 0.600. The number of aryl methyl sites for hydroxylation is 1. The van der Waals surface area contributed by atoms with Gasteiger partial charge in [0.2, 0.25) is 0 Å². The van der Waals surface area contributed by atoms with E-state index in [2.05, 4.69) is 4.98 Å². The summed E-state index contributed by atoms with van der Waals surface area (Å²) in [6.45, 7) is 3.53. The second-order valence-corrected chi connectivity index (χ2v) is 4.81. The first-order chi connectivity index (χ1) is 6.16. The molecule has 0 N–H and O–H groups in total. The highest BCUT2D eigenvalue weighted by atomic mass is 32.1. The van der Waals surface area contributed by atoms with Crippen molar-refractivity contribution in [3.63, 3.8) is 0 Å². The molecule has 0 bridgehead atoms. The molecule has 2 nitrogen and oxygen atoms in total. The Kier molecular flexibility index (Phi) is 2.20. The molecule has 13 heavy (non-hydrogen) atoms. The first kappa shape index (κ1) is 8.88. The molecule has 2 rings (SSSR count). The van der Waals surface area contributed by atoms with Crippen LogP contribution in [0.15, 0.2) is 0 Å². The molecule has 1 saturated carbocycles. The molecule has 0 spiro atoms. The van der Waals surface area contributed by atoms with Crippen LogP contribution in [0.25, 0.3) is 0 Å². The minimum absolute atomic E-state index is 0.150. The zero-order chi connectivity index (χ0) is 9.42. The van der Waals surface area contributed by atoms with Crippen molar-refractivity contribution in [2.24, 2.45) is 5.92 Å². The third-order valence-electron chi connectivity index (χ3n) is 2.32. The normalized spacial score (nSPS) is 16.2. The summed E-state index contributed by atoms with van der Waals surface area (Å²) in [5.74, 6) is 1.00. The molecule has 70 valence electrons. The van der Waals surface area contributed by atoms with Gasteiger partial charge in [-0.3, -0.25) is 4.79 Å². The molecule has 0 aromatic carbocycles. The molecule has 0 unspecified atom stereocenters. The first-order valence-electron chi connectivity index (χ1n) is 4.64. The van der Waals surface area contributed by atoms with E-state index in [1.165, 1.54) is 12.8 Å². The lowest BCUT2D eigenvalue weighted by atomic mass is 10.3. The van der Waals surface area contributed by atoms with Crippen LogP contribution in [-0.2, 0) is 6.42 Å². The van der Waals surface area contributed by atoms with Crippen LogP contribution in [0.5, 0.6) is 0 Å². The molecular weight excluding hydrogens is 182 g/mol. The highest BCUT2D eigenvalue weighted by Gasteiger charge is 2.23. The van der Waals surface area contributed by atoms with Crippen LogP contribution in [-0.4, -0.2) is 10.8 Å². The summed E-state index contributed by atoms with van der Waals surface area (Å²) in [5.41, 5.74) is 0.910. The lowest BCUT2D eigenvalue weighted by molar-refractivity contribution is 0.102. The second kappa shape index (κ2) is 3.22. The van der Waals surface area contributed by atoms with Gasteiger partial charge in [0.15, 0.2) is 5.78 Å². The summed E-state index contributed by atoms with van der Waals surface area (Å²) in [6.07, 6.45) is 3.76. The zero-order valence-electron chi connectivity index (χ0n) is 7.96. The maximum atomic E-state index is 11.2. The van der Waals surface area contributed by atoms with Crippen molar-refractivity contribution < 1.29 is 4.79 Å². The van der Waals surface area contributed by atoms with Crippen molar-refractivity contribution >= 4 is 17.1 Å². The number of Topliss-reactive ketones (excluding diaryl/α,β-unsaturated/α-hetero) is 1. The van der Waals surface area contributed by atoms with Crippen molar-refractivity contribution in [2.45, 2.75) is 33.1 Å². The second-order valence-electron chi connectivity index (χ2n) is 3.73. The van der Waals surface area contributed by atoms with Gasteiger partial charge in [0.1, 0.15) is 0 Å². The largest absolute Gasteiger partial charge is 0.294 e. The number of aromatic nitrogens is 1. The van der Waals surface area contributed by atoms with E-state index in [4.69, 9.17) is 0 Å². The smallest absolute Gasteiger partial charge is 0.171 e. The standard InChI is InChI=1S/C10H13NOS/c1-6-10(7(2)12)13-9(11-6)5-8-3-4-8/h8H,3-5H2,1-2H3. The van der Waals surface area contributed by atoms with Gasteiger partial charge in [-0.25, -0.2) is 4.98 Å². The van der Waals surface area contributed by atoms with Crippen molar-refractivity contribution in [3.8, 4) is 0 Å². The molecule has 0 saturated heterocycles. The Bertz CT molecular complexity index is 339. The van der Waals surface area contributed by atoms with Gasteiger partial charge >= 0.3 is 0 Å². The fourth-order valence-corrected chi connectivity index (χ4v) is 2.51. The van der Waals surface area contributed by atoms with Gasteiger partial charge in [0, 0.05) is 13.3 Å². The molecule has 3 heteroatoms. The van der Waals surface area contributed by atoms with Crippen molar-refractivity contribution in [2.75, 3.05) is 0 Å². The molecule has 1 heterocycles. The van der Waals surface area contributed by atoms with Gasteiger partial charge in [0.05, 0.1) is 15.6 Å². The molecule has 0 aliphatic heterocycles. The fourth-order valence-electron chi connectivity index (χ4n) is 1.44. The van der Waals surface area contributed by atoms with Gasteiger partial charge < -0.3 is 0 Å². The molecule has 1 aliphatic rings. The van der Waals surface area contributed by atoms with Crippen LogP contribution in [0.3, 0.4) is 0 Å². The van der Waals surface area contributed by atoms with Crippen molar-refractivity contribution in [3.05, 3.63) is 15.6 Å². The molecule has 0 amide bonds. The van der Waals surface area contributed by atoms with Crippen molar-refractivity contribution in [1.82, 2.24) is 4.98 Å². The Morgan fingerprint density at radius 3 is 2.77 bits per heavy atom. The van der Waals surface area contributed by atoms with E-state index in [1.807, 2.05) is 6.92 Å². The van der Waals surface area contributed by atoms with E-state index in [0.29, 0.717) is 0 Å². The number of nitrogens with zero attached hydrogens (tertiary/aromatic N) is 1. The van der Waals surface area contributed by atoms with E-state index in [0.717, 1.165) is 27.9 Å². The van der Waals surface area contributed by atoms with Crippen molar-refractivity contribution in [1.29, 1.82) is 0 Å². The van der Waals surface area contributed by atoms with Gasteiger partial charge in [-0.1, -0.05) is 0 Å². The first-order valence-corrected chi connectivity index (χ1v) is 5.45. The Morgan fingerprint density at radius 1 is 1.62 bits per heavy atom. The zero-order valence-corrected chi connectivity index (χ0v) is 8.78. The number of rotatable bonds is 3. The molecular formula is C10H13NOS. The molecule has 0 radical (unpaired) electrons. The quantitative estimate of drug-likeness (QED) is 0.694. The SMILES string of the molecule is CC(=O)c1sc(CC2CC2)nc1C. The maximum absolute atomic E-state index is 11.2.